The molecule has 10 heteroatoms. The minimum atomic E-state index is 0.391. The lowest BCUT2D eigenvalue weighted by Gasteiger charge is -2.30. The van der Waals surface area contributed by atoms with Crippen LogP contribution >= 0.6 is 0 Å². The molecular formula is C34H40N4O6. The highest BCUT2D eigenvalue weighted by Crippen LogP contribution is 2.42. The molecule has 5 rings (SSSR count). The molecule has 4 aromatic rings. The van der Waals surface area contributed by atoms with Gasteiger partial charge in [-0.05, 0) is 74.2 Å². The molecule has 1 fully saturated rings. The third-order valence-corrected chi connectivity index (χ3v) is 7.92. The summed E-state index contributed by atoms with van der Waals surface area (Å²) in [5, 5.41) is 7.32. The fourth-order valence-electron chi connectivity index (χ4n) is 5.61. The van der Waals surface area contributed by atoms with Gasteiger partial charge >= 0.3 is 0 Å². The molecule has 0 radical (unpaired) electrons. The van der Waals surface area contributed by atoms with Gasteiger partial charge in [0, 0.05) is 23.2 Å². The smallest absolute Gasteiger partial charge is 0.203 e. The summed E-state index contributed by atoms with van der Waals surface area (Å²) in [5.41, 5.74) is 5.45. The lowest BCUT2D eigenvalue weighted by atomic mass is 9.91. The molecular weight excluding hydrogens is 560 g/mol. The van der Waals surface area contributed by atoms with Gasteiger partial charge < -0.3 is 39.1 Å². The summed E-state index contributed by atoms with van der Waals surface area (Å²) in [5.74, 6) is 3.52. The fourth-order valence-corrected chi connectivity index (χ4v) is 5.61. The molecule has 1 aliphatic carbocycles. The van der Waals surface area contributed by atoms with Crippen LogP contribution in [0, 0.1) is 0 Å². The van der Waals surface area contributed by atoms with Crippen molar-refractivity contribution in [3.8, 4) is 57.0 Å². The quantitative estimate of drug-likeness (QED) is 0.183. The average molecular weight is 601 g/mol. The zero-order valence-corrected chi connectivity index (χ0v) is 26.1. The van der Waals surface area contributed by atoms with Crippen molar-refractivity contribution < 1.29 is 28.4 Å². The van der Waals surface area contributed by atoms with Gasteiger partial charge in [-0.25, -0.2) is 0 Å². The summed E-state index contributed by atoms with van der Waals surface area (Å²) < 4.78 is 32.8. The van der Waals surface area contributed by atoms with Crippen molar-refractivity contribution in [2.45, 2.75) is 37.8 Å². The summed E-state index contributed by atoms with van der Waals surface area (Å²) in [7, 11) is 9.62. The van der Waals surface area contributed by atoms with E-state index in [4.69, 9.17) is 38.4 Å². The number of rotatable bonds is 12. The van der Waals surface area contributed by atoms with Gasteiger partial charge in [0.1, 0.15) is 0 Å². The summed E-state index contributed by atoms with van der Waals surface area (Å²) in [6.45, 7) is 0. The first-order valence-electron chi connectivity index (χ1n) is 14.6. The predicted molar refractivity (Wildman–Crippen MR) is 172 cm³/mol. The van der Waals surface area contributed by atoms with Crippen molar-refractivity contribution in [2.75, 3.05) is 53.3 Å². The largest absolute Gasteiger partial charge is 0.493 e. The van der Waals surface area contributed by atoms with Crippen molar-refractivity contribution >= 4 is 11.4 Å². The average Bonchev–Trinajstić information content (AvgIpc) is 3.08. The Balaban J connectivity index is 1.15. The lowest BCUT2D eigenvalue weighted by Crippen LogP contribution is -2.32. The van der Waals surface area contributed by atoms with Crippen LogP contribution in [0.15, 0.2) is 60.9 Å². The minimum absolute atomic E-state index is 0.391. The molecule has 0 unspecified atom stereocenters. The van der Waals surface area contributed by atoms with E-state index in [1.165, 1.54) is 0 Å². The van der Waals surface area contributed by atoms with Crippen LogP contribution in [0.5, 0.6) is 34.5 Å². The molecule has 2 heterocycles. The van der Waals surface area contributed by atoms with Crippen molar-refractivity contribution in [1.82, 2.24) is 9.97 Å². The molecule has 0 spiro atoms. The Morgan fingerprint density at radius 1 is 0.500 bits per heavy atom. The van der Waals surface area contributed by atoms with E-state index in [1.54, 1.807) is 42.7 Å². The van der Waals surface area contributed by atoms with Crippen molar-refractivity contribution in [3.63, 3.8) is 0 Å². The Morgan fingerprint density at radius 3 is 1.09 bits per heavy atom. The summed E-state index contributed by atoms with van der Waals surface area (Å²) in [6.07, 6.45) is 7.99. The molecule has 0 saturated heterocycles. The number of nitrogens with one attached hydrogen (secondary N) is 2. The van der Waals surface area contributed by atoms with Crippen LogP contribution in [-0.4, -0.2) is 64.7 Å². The number of pyridine rings is 2. The highest BCUT2D eigenvalue weighted by Gasteiger charge is 2.22. The molecule has 1 saturated carbocycles. The van der Waals surface area contributed by atoms with E-state index in [0.717, 1.165) is 59.6 Å². The van der Waals surface area contributed by atoms with Crippen molar-refractivity contribution in [1.29, 1.82) is 0 Å². The normalized spacial score (nSPS) is 16.0. The Kier molecular flexibility index (Phi) is 9.79. The van der Waals surface area contributed by atoms with Crippen LogP contribution in [0.25, 0.3) is 22.5 Å². The Bertz CT molecular complexity index is 1370. The van der Waals surface area contributed by atoms with Gasteiger partial charge in [0.15, 0.2) is 23.0 Å². The van der Waals surface area contributed by atoms with Crippen LogP contribution in [0.1, 0.15) is 25.7 Å². The number of benzene rings is 2. The zero-order chi connectivity index (χ0) is 31.1. The van der Waals surface area contributed by atoms with Gasteiger partial charge in [-0.2, -0.15) is 0 Å². The van der Waals surface area contributed by atoms with Crippen LogP contribution < -0.4 is 39.1 Å². The zero-order valence-electron chi connectivity index (χ0n) is 26.1. The molecule has 232 valence electrons. The molecule has 44 heavy (non-hydrogen) atoms. The third-order valence-electron chi connectivity index (χ3n) is 7.92. The molecule has 0 bridgehead atoms. The third kappa shape index (κ3) is 6.69. The molecule has 0 amide bonds. The molecule has 0 atom stereocenters. The second kappa shape index (κ2) is 14.1. The number of aromatic nitrogens is 2. The summed E-state index contributed by atoms with van der Waals surface area (Å²) >= 11 is 0. The topological polar surface area (TPSA) is 105 Å². The first-order valence-corrected chi connectivity index (χ1v) is 14.6. The Hall–Kier alpha value is -4.86. The summed E-state index contributed by atoms with van der Waals surface area (Å²) in [6, 6.07) is 16.5. The Morgan fingerprint density at radius 2 is 0.841 bits per heavy atom. The second-order valence-electron chi connectivity index (χ2n) is 10.5. The van der Waals surface area contributed by atoms with Crippen LogP contribution in [0.4, 0.5) is 11.4 Å². The first-order chi connectivity index (χ1) is 21.5. The molecule has 1 aliphatic rings. The number of nitrogens with zero attached hydrogens (tertiary/aromatic N) is 2. The first kappa shape index (κ1) is 30.6. The molecule has 10 nitrogen and oxygen atoms in total. The van der Waals surface area contributed by atoms with Crippen molar-refractivity contribution in [2.24, 2.45) is 0 Å². The monoisotopic (exact) mass is 600 g/mol. The number of methoxy groups -OCH3 is 6. The number of hydrogen-bond donors (Lipinski definition) is 2. The summed E-state index contributed by atoms with van der Waals surface area (Å²) in [4.78, 5) is 9.39. The maximum absolute atomic E-state index is 5.49. The standard InChI is InChI=1S/C34H40N4O6/c1-39-29-15-21(16-30(40-2)33(29)43-5)27-13-11-25(19-35-27)37-23-7-9-24(10-8-23)38-26-12-14-28(36-20-26)22-17-31(41-3)34(44-6)32(18-22)42-4/h11-20,23-24,37-38H,7-10H2,1-6H3/t23-,24-. The van der Waals surface area contributed by atoms with E-state index < -0.39 is 0 Å². The van der Waals surface area contributed by atoms with E-state index >= 15 is 0 Å². The SMILES string of the molecule is COc1cc(-c2ccc(N[C@H]3CC[C@H](Nc4ccc(-c5cc(OC)c(OC)c(OC)c5)nc4)CC3)cn2)cc(OC)c1OC. The maximum Gasteiger partial charge on any atom is 0.203 e. The number of hydrogen-bond acceptors (Lipinski definition) is 10. The van der Waals surface area contributed by atoms with Gasteiger partial charge in [0.05, 0.1) is 77.8 Å². The van der Waals surface area contributed by atoms with Gasteiger partial charge in [0.2, 0.25) is 11.5 Å². The lowest BCUT2D eigenvalue weighted by molar-refractivity contribution is 0.324. The van der Waals surface area contributed by atoms with Crippen molar-refractivity contribution in [3.05, 3.63) is 60.9 Å². The molecule has 2 N–H and O–H groups in total. The fraction of sp³-hybridized carbons (Fsp3) is 0.353. The van der Waals surface area contributed by atoms with E-state index in [2.05, 4.69) is 22.8 Å². The molecule has 2 aromatic carbocycles. The van der Waals surface area contributed by atoms with Crippen LogP contribution in [0.3, 0.4) is 0 Å². The van der Waals surface area contributed by atoms with E-state index in [0.29, 0.717) is 46.6 Å². The highest BCUT2D eigenvalue weighted by molar-refractivity contribution is 5.70. The maximum atomic E-state index is 5.49. The number of anilines is 2. The Labute approximate surface area is 258 Å². The van der Waals surface area contributed by atoms with Gasteiger partial charge in [-0.3, -0.25) is 9.97 Å². The highest BCUT2D eigenvalue weighted by atomic mass is 16.5. The van der Waals surface area contributed by atoms with Gasteiger partial charge in [-0.15, -0.1) is 0 Å². The molecule has 2 aromatic heterocycles. The van der Waals surface area contributed by atoms with E-state index in [-0.39, 0.29) is 0 Å². The number of ether oxygens (including phenoxy) is 6. The van der Waals surface area contributed by atoms with Gasteiger partial charge in [0.25, 0.3) is 0 Å². The predicted octanol–water partition coefficient (Wildman–Crippen LogP) is 6.70. The van der Waals surface area contributed by atoms with Gasteiger partial charge in [-0.1, -0.05) is 0 Å². The molecule has 0 aliphatic heterocycles. The second-order valence-corrected chi connectivity index (χ2v) is 10.5. The minimum Gasteiger partial charge on any atom is -0.493 e. The van der Waals surface area contributed by atoms with E-state index in [1.807, 2.05) is 48.8 Å². The van der Waals surface area contributed by atoms with Crippen LogP contribution in [-0.2, 0) is 0 Å². The van der Waals surface area contributed by atoms with Crippen LogP contribution in [0.2, 0.25) is 0 Å². The van der Waals surface area contributed by atoms with E-state index in [9.17, 15) is 0 Å².